The monoisotopic (exact) mass is 526 g/mol. The highest BCUT2D eigenvalue weighted by molar-refractivity contribution is 6.22. The number of fused-ring (bicyclic) bond motifs is 5. The second-order valence-electron chi connectivity index (χ2n) is 10.4. The molecule has 1 fully saturated rings. The van der Waals surface area contributed by atoms with E-state index in [0.29, 0.717) is 68.5 Å². The lowest BCUT2D eigenvalue weighted by Crippen LogP contribution is -2.29. The van der Waals surface area contributed by atoms with Gasteiger partial charge in [-0.2, -0.15) is 0 Å². The van der Waals surface area contributed by atoms with E-state index in [-0.39, 0.29) is 30.4 Å². The second-order valence-corrected chi connectivity index (χ2v) is 10.4. The standard InChI is InChI=1S/C30H24F2N4O3/c1-14-26(15(2)39-34-14)16-8-22(29(33)37)27-21-10-17(30(38)35-7-6-18(31)12-35)9-20-19-4-3-5-24(32)23(19)13-36(28(20)21)25(27)11-16/h3-5,8-11,18H,6-7,12-13H2,1-2H3,(H2,33,37). The molecule has 2 amide bonds. The maximum atomic E-state index is 15.2. The fourth-order valence-electron chi connectivity index (χ4n) is 6.30. The van der Waals surface area contributed by atoms with E-state index in [1.165, 1.54) is 11.0 Å². The summed E-state index contributed by atoms with van der Waals surface area (Å²) in [6.45, 7) is 4.21. The Labute approximate surface area is 221 Å². The lowest BCUT2D eigenvalue weighted by atomic mass is 9.92. The summed E-state index contributed by atoms with van der Waals surface area (Å²) < 4.78 is 36.5. The number of nitrogens with zero attached hydrogens (tertiary/aromatic N) is 3. The summed E-state index contributed by atoms with van der Waals surface area (Å²) in [4.78, 5) is 27.9. The molecule has 2 N–H and O–H groups in total. The summed E-state index contributed by atoms with van der Waals surface area (Å²) in [5.41, 5.74) is 12.0. The van der Waals surface area contributed by atoms with Crippen molar-refractivity contribution in [2.24, 2.45) is 5.73 Å². The number of benzene rings is 3. The van der Waals surface area contributed by atoms with Gasteiger partial charge in [-0.05, 0) is 61.7 Å². The van der Waals surface area contributed by atoms with Crippen molar-refractivity contribution in [3.05, 3.63) is 76.4 Å². The Kier molecular flexibility index (Phi) is 4.98. The lowest BCUT2D eigenvalue weighted by molar-refractivity contribution is 0.0783. The van der Waals surface area contributed by atoms with E-state index >= 15 is 4.39 Å². The number of primary amides is 1. The quantitative estimate of drug-likeness (QED) is 0.329. The first-order valence-electron chi connectivity index (χ1n) is 12.8. The molecule has 5 aromatic rings. The van der Waals surface area contributed by atoms with E-state index in [2.05, 4.69) is 5.16 Å². The molecule has 2 aliphatic rings. The van der Waals surface area contributed by atoms with Gasteiger partial charge in [-0.25, -0.2) is 8.78 Å². The predicted octanol–water partition coefficient (Wildman–Crippen LogP) is 5.52. The number of aryl methyl sites for hydroxylation is 2. The molecule has 0 saturated carbocycles. The highest BCUT2D eigenvalue weighted by Gasteiger charge is 2.31. The normalized spacial score (nSPS) is 16.3. The van der Waals surface area contributed by atoms with Crippen molar-refractivity contribution in [1.29, 1.82) is 0 Å². The summed E-state index contributed by atoms with van der Waals surface area (Å²) in [6.07, 6.45) is -0.762. The van der Waals surface area contributed by atoms with Crippen molar-refractivity contribution in [1.82, 2.24) is 14.6 Å². The zero-order valence-electron chi connectivity index (χ0n) is 21.3. The van der Waals surface area contributed by atoms with Gasteiger partial charge in [0.2, 0.25) is 5.91 Å². The first-order chi connectivity index (χ1) is 18.7. The largest absolute Gasteiger partial charge is 0.366 e. The van der Waals surface area contributed by atoms with Crippen LogP contribution in [-0.2, 0) is 6.54 Å². The number of nitrogens with two attached hydrogens (primary N) is 1. The van der Waals surface area contributed by atoms with Crippen LogP contribution in [0.4, 0.5) is 8.78 Å². The van der Waals surface area contributed by atoms with Crippen LogP contribution in [0.3, 0.4) is 0 Å². The van der Waals surface area contributed by atoms with Crippen LogP contribution in [-0.4, -0.2) is 45.7 Å². The SMILES string of the molecule is Cc1noc(C)c1-c1cc(C(N)=O)c2c3cc(C(=O)N4CCC(F)C4)cc4c3n(c2c1)Cc1c(F)cccc1-4. The Morgan fingerprint density at radius 2 is 1.95 bits per heavy atom. The molecule has 7 nitrogen and oxygen atoms in total. The van der Waals surface area contributed by atoms with Gasteiger partial charge in [0.1, 0.15) is 17.7 Å². The van der Waals surface area contributed by atoms with E-state index in [1.807, 2.05) is 23.6 Å². The van der Waals surface area contributed by atoms with E-state index < -0.39 is 12.1 Å². The van der Waals surface area contributed by atoms with Gasteiger partial charge in [0.15, 0.2) is 0 Å². The number of rotatable bonds is 3. The third kappa shape index (κ3) is 3.35. The van der Waals surface area contributed by atoms with Crippen molar-refractivity contribution >= 4 is 33.6 Å². The molecule has 1 saturated heterocycles. The molecule has 0 bridgehead atoms. The predicted molar refractivity (Wildman–Crippen MR) is 143 cm³/mol. The molecule has 4 heterocycles. The van der Waals surface area contributed by atoms with Crippen LogP contribution in [0.5, 0.6) is 0 Å². The van der Waals surface area contributed by atoms with Crippen LogP contribution in [0.25, 0.3) is 44.1 Å². The van der Waals surface area contributed by atoms with Crippen molar-refractivity contribution < 1.29 is 22.9 Å². The fourth-order valence-corrected chi connectivity index (χ4v) is 6.30. The highest BCUT2D eigenvalue weighted by atomic mass is 19.1. The Balaban J connectivity index is 1.59. The number of likely N-dealkylation sites (tertiary alicyclic amines) is 1. The van der Waals surface area contributed by atoms with Crippen LogP contribution < -0.4 is 5.73 Å². The zero-order chi connectivity index (χ0) is 27.2. The van der Waals surface area contributed by atoms with Gasteiger partial charge in [-0.1, -0.05) is 17.3 Å². The smallest absolute Gasteiger partial charge is 0.253 e. The molecular formula is C30H24F2N4O3. The lowest BCUT2D eigenvalue weighted by Gasteiger charge is -2.22. The van der Waals surface area contributed by atoms with Crippen LogP contribution >= 0.6 is 0 Å². The minimum atomic E-state index is -1.06. The highest BCUT2D eigenvalue weighted by Crippen LogP contribution is 2.45. The molecule has 196 valence electrons. The molecule has 0 radical (unpaired) electrons. The number of aromatic nitrogens is 2. The van der Waals surface area contributed by atoms with Crippen LogP contribution in [0, 0.1) is 19.7 Å². The van der Waals surface area contributed by atoms with Gasteiger partial charge in [0.25, 0.3) is 5.91 Å². The average molecular weight is 527 g/mol. The number of amides is 2. The van der Waals surface area contributed by atoms with Gasteiger partial charge in [-0.15, -0.1) is 0 Å². The average Bonchev–Trinajstić information content (AvgIpc) is 3.59. The molecule has 2 aromatic heterocycles. The van der Waals surface area contributed by atoms with E-state index in [9.17, 15) is 14.0 Å². The first-order valence-corrected chi connectivity index (χ1v) is 12.8. The molecule has 1 unspecified atom stereocenters. The molecule has 2 aliphatic heterocycles. The van der Waals surface area contributed by atoms with Crippen LogP contribution in [0.2, 0.25) is 0 Å². The maximum absolute atomic E-state index is 15.2. The summed E-state index contributed by atoms with van der Waals surface area (Å²) in [5, 5.41) is 5.30. The zero-order valence-corrected chi connectivity index (χ0v) is 21.3. The number of halogens is 2. The fraction of sp³-hybridized carbons (Fsp3) is 0.233. The molecule has 0 aliphatic carbocycles. The second kappa shape index (κ2) is 8.23. The third-order valence-corrected chi connectivity index (χ3v) is 8.04. The van der Waals surface area contributed by atoms with Crippen molar-refractivity contribution in [2.45, 2.75) is 33.0 Å². The maximum Gasteiger partial charge on any atom is 0.253 e. The molecule has 3 aromatic carbocycles. The van der Waals surface area contributed by atoms with Crippen molar-refractivity contribution in [3.8, 4) is 22.3 Å². The molecule has 7 rings (SSSR count). The van der Waals surface area contributed by atoms with Crippen LogP contribution in [0.1, 0.15) is 44.2 Å². The summed E-state index contributed by atoms with van der Waals surface area (Å²) in [6, 6.07) is 12.0. The number of carbonyl (C=O) groups is 2. The van der Waals surface area contributed by atoms with E-state index in [4.69, 9.17) is 10.3 Å². The molecule has 1 atom stereocenters. The van der Waals surface area contributed by atoms with Crippen LogP contribution in [0.15, 0.2) is 47.0 Å². The van der Waals surface area contributed by atoms with Gasteiger partial charge in [0, 0.05) is 45.1 Å². The summed E-state index contributed by atoms with van der Waals surface area (Å²) in [7, 11) is 0. The van der Waals surface area contributed by atoms with Gasteiger partial charge in [0.05, 0.1) is 29.8 Å². The number of hydrogen-bond donors (Lipinski definition) is 1. The minimum absolute atomic E-state index is 0.0342. The Bertz CT molecular complexity index is 1870. The Morgan fingerprint density at radius 3 is 2.64 bits per heavy atom. The molecular weight excluding hydrogens is 502 g/mol. The van der Waals surface area contributed by atoms with E-state index in [1.54, 1.807) is 31.2 Å². The third-order valence-electron chi connectivity index (χ3n) is 8.04. The van der Waals surface area contributed by atoms with Gasteiger partial charge < -0.3 is 19.7 Å². The summed E-state index contributed by atoms with van der Waals surface area (Å²) in [5.74, 6) is -0.695. The molecule has 39 heavy (non-hydrogen) atoms. The van der Waals surface area contributed by atoms with Crippen molar-refractivity contribution in [3.63, 3.8) is 0 Å². The van der Waals surface area contributed by atoms with Gasteiger partial charge >= 0.3 is 0 Å². The number of hydrogen-bond acceptors (Lipinski definition) is 4. The Morgan fingerprint density at radius 1 is 1.13 bits per heavy atom. The van der Waals surface area contributed by atoms with Gasteiger partial charge in [-0.3, -0.25) is 9.59 Å². The number of carbonyl (C=O) groups excluding carboxylic acids is 2. The van der Waals surface area contributed by atoms with E-state index in [0.717, 1.165) is 11.1 Å². The Hall–Kier alpha value is -4.53. The van der Waals surface area contributed by atoms with Crippen molar-refractivity contribution in [2.75, 3.05) is 13.1 Å². The molecule has 9 heteroatoms. The molecule has 0 spiro atoms. The minimum Gasteiger partial charge on any atom is -0.366 e. The topological polar surface area (TPSA) is 94.4 Å². The number of alkyl halides is 1. The first kappa shape index (κ1) is 23.6. The summed E-state index contributed by atoms with van der Waals surface area (Å²) >= 11 is 0.